The van der Waals surface area contributed by atoms with E-state index in [1.807, 2.05) is 0 Å². The lowest BCUT2D eigenvalue weighted by Gasteiger charge is -2.13. The number of aromatic nitrogens is 5. The quantitative estimate of drug-likeness (QED) is 0.182. The van der Waals surface area contributed by atoms with E-state index in [2.05, 4.69) is 40.9 Å². The van der Waals surface area contributed by atoms with Crippen LogP contribution in [0.1, 0.15) is 43.7 Å². The van der Waals surface area contributed by atoms with Crippen molar-refractivity contribution in [3.63, 3.8) is 0 Å². The maximum absolute atomic E-state index is 13.1. The van der Waals surface area contributed by atoms with Crippen LogP contribution in [-0.4, -0.2) is 36.7 Å². The molecule has 202 valence electrons. The first-order chi connectivity index (χ1) is 18.4. The number of halogens is 6. The Hall–Kier alpha value is -3.95. The standard InChI is InChI=1S/C22H14Cl2F4N8O2S/c1-9(34-20(38)17-16(24)18(33-8-32-17)35-10-2-3-14(25)29-5-10)21-31-7-13(39-21)19(37)36-15-4-11(22(26,27)28)12(23)6-30-15/h2-9H,1H3,(H,34,38)(H,30,36,37)(H,32,33,35). The first-order valence-corrected chi connectivity index (χ1v) is 12.2. The fourth-order valence-corrected chi connectivity index (χ4v) is 4.28. The molecule has 0 radical (unpaired) electrons. The number of thiazole rings is 1. The van der Waals surface area contributed by atoms with Gasteiger partial charge >= 0.3 is 6.18 Å². The van der Waals surface area contributed by atoms with Gasteiger partial charge in [0.05, 0.1) is 34.7 Å². The predicted molar refractivity (Wildman–Crippen MR) is 135 cm³/mol. The predicted octanol–water partition coefficient (Wildman–Crippen LogP) is 5.67. The van der Waals surface area contributed by atoms with Crippen molar-refractivity contribution in [2.45, 2.75) is 19.1 Å². The Morgan fingerprint density at radius 1 is 1.00 bits per heavy atom. The fraction of sp³-hybridized carbons (Fsp3) is 0.136. The molecule has 2 amide bonds. The molecule has 4 rings (SSSR count). The molecule has 1 atom stereocenters. The molecular formula is C22H14Cl2F4N8O2S. The highest BCUT2D eigenvalue weighted by Gasteiger charge is 2.34. The van der Waals surface area contributed by atoms with E-state index < -0.39 is 40.6 Å². The molecule has 1 unspecified atom stereocenters. The van der Waals surface area contributed by atoms with Gasteiger partial charge in [0.15, 0.2) is 11.5 Å². The van der Waals surface area contributed by atoms with Gasteiger partial charge in [-0.1, -0.05) is 23.2 Å². The van der Waals surface area contributed by atoms with Crippen LogP contribution in [0.3, 0.4) is 0 Å². The van der Waals surface area contributed by atoms with Crippen molar-refractivity contribution in [1.82, 2.24) is 30.2 Å². The van der Waals surface area contributed by atoms with Crippen LogP contribution in [0.5, 0.6) is 0 Å². The molecule has 17 heteroatoms. The van der Waals surface area contributed by atoms with Crippen molar-refractivity contribution in [2.24, 2.45) is 0 Å². The number of alkyl halides is 3. The SMILES string of the molecule is CC(NC(=O)c1ncnc(Nc2ccc(F)nc2)c1Cl)c1ncc(C(=O)Nc2cc(C(F)(F)F)c(Cl)cn2)s1. The Kier molecular flexibility index (Phi) is 8.22. The maximum atomic E-state index is 13.1. The molecule has 0 aromatic carbocycles. The van der Waals surface area contributed by atoms with E-state index in [9.17, 15) is 27.2 Å². The van der Waals surface area contributed by atoms with Crippen LogP contribution >= 0.6 is 34.5 Å². The zero-order chi connectivity index (χ0) is 28.3. The minimum absolute atomic E-state index is 0.0517. The highest BCUT2D eigenvalue weighted by Crippen LogP contribution is 2.35. The van der Waals surface area contributed by atoms with Gasteiger partial charge in [-0.05, 0) is 25.1 Å². The number of rotatable bonds is 7. The van der Waals surface area contributed by atoms with E-state index in [4.69, 9.17) is 23.2 Å². The maximum Gasteiger partial charge on any atom is 0.418 e. The molecule has 4 heterocycles. The molecule has 0 saturated heterocycles. The van der Waals surface area contributed by atoms with Crippen LogP contribution < -0.4 is 16.0 Å². The van der Waals surface area contributed by atoms with Crippen LogP contribution in [0.2, 0.25) is 10.0 Å². The first kappa shape index (κ1) is 28.1. The average Bonchev–Trinajstić information content (AvgIpc) is 3.38. The molecule has 39 heavy (non-hydrogen) atoms. The number of hydrogen-bond acceptors (Lipinski definition) is 9. The summed E-state index contributed by atoms with van der Waals surface area (Å²) in [5.41, 5.74) is -0.944. The number of anilines is 3. The lowest BCUT2D eigenvalue weighted by molar-refractivity contribution is -0.137. The summed E-state index contributed by atoms with van der Waals surface area (Å²) in [5.74, 6) is -2.39. The topological polar surface area (TPSA) is 135 Å². The molecule has 10 nitrogen and oxygen atoms in total. The normalized spacial score (nSPS) is 12.1. The number of carbonyl (C=O) groups excluding carboxylic acids is 2. The van der Waals surface area contributed by atoms with Crippen molar-refractivity contribution in [1.29, 1.82) is 0 Å². The molecule has 0 aliphatic carbocycles. The van der Waals surface area contributed by atoms with Gasteiger partial charge in [0.1, 0.15) is 27.1 Å². The Morgan fingerprint density at radius 3 is 2.46 bits per heavy atom. The zero-order valence-corrected chi connectivity index (χ0v) is 21.7. The van der Waals surface area contributed by atoms with E-state index in [1.165, 1.54) is 18.5 Å². The third-order valence-corrected chi connectivity index (χ3v) is 6.70. The van der Waals surface area contributed by atoms with Gasteiger partial charge in [-0.2, -0.15) is 17.6 Å². The van der Waals surface area contributed by atoms with Crippen LogP contribution in [0, 0.1) is 5.95 Å². The molecule has 0 aliphatic rings. The number of pyridine rings is 2. The highest BCUT2D eigenvalue weighted by molar-refractivity contribution is 7.13. The van der Waals surface area contributed by atoms with Crippen LogP contribution in [-0.2, 0) is 6.18 Å². The number of hydrogen-bond donors (Lipinski definition) is 3. The minimum Gasteiger partial charge on any atom is -0.342 e. The summed E-state index contributed by atoms with van der Waals surface area (Å²) < 4.78 is 52.2. The molecule has 0 spiro atoms. The smallest absolute Gasteiger partial charge is 0.342 e. The molecule has 4 aromatic rings. The summed E-state index contributed by atoms with van der Waals surface area (Å²) in [7, 11) is 0. The van der Waals surface area contributed by atoms with Crippen LogP contribution in [0.4, 0.5) is 34.9 Å². The second kappa shape index (κ2) is 11.4. The molecule has 0 saturated carbocycles. The minimum atomic E-state index is -4.73. The lowest BCUT2D eigenvalue weighted by atomic mass is 10.2. The summed E-state index contributed by atoms with van der Waals surface area (Å²) in [6, 6.07) is 2.43. The van der Waals surface area contributed by atoms with E-state index in [0.717, 1.165) is 29.9 Å². The summed E-state index contributed by atoms with van der Waals surface area (Å²) in [4.78, 5) is 44.6. The second-order valence-corrected chi connectivity index (χ2v) is 9.49. The van der Waals surface area contributed by atoms with Crippen molar-refractivity contribution >= 4 is 63.7 Å². The molecule has 0 fully saturated rings. The Bertz CT molecular complexity index is 1540. The van der Waals surface area contributed by atoms with Crippen LogP contribution in [0.25, 0.3) is 0 Å². The van der Waals surface area contributed by atoms with Gasteiger partial charge in [-0.15, -0.1) is 11.3 Å². The van der Waals surface area contributed by atoms with E-state index in [0.29, 0.717) is 16.8 Å². The number of carbonyl (C=O) groups is 2. The molecule has 0 aliphatic heterocycles. The molecular weight excluding hydrogens is 587 g/mol. The fourth-order valence-electron chi connectivity index (χ4n) is 3.02. The van der Waals surface area contributed by atoms with Crippen molar-refractivity contribution in [3.05, 3.63) is 80.3 Å². The van der Waals surface area contributed by atoms with Gasteiger partial charge in [0, 0.05) is 6.20 Å². The summed E-state index contributed by atoms with van der Waals surface area (Å²) >= 11 is 12.7. The van der Waals surface area contributed by atoms with Gasteiger partial charge in [-0.3, -0.25) is 9.59 Å². The van der Waals surface area contributed by atoms with E-state index >= 15 is 0 Å². The summed E-state index contributed by atoms with van der Waals surface area (Å²) in [6.45, 7) is 1.59. The lowest BCUT2D eigenvalue weighted by Crippen LogP contribution is -2.28. The van der Waals surface area contributed by atoms with Gasteiger partial charge in [0.25, 0.3) is 11.8 Å². The molecule has 0 bridgehead atoms. The van der Waals surface area contributed by atoms with Crippen molar-refractivity contribution in [2.75, 3.05) is 10.6 Å². The monoisotopic (exact) mass is 600 g/mol. The average molecular weight is 601 g/mol. The second-order valence-electron chi connectivity index (χ2n) is 7.64. The van der Waals surface area contributed by atoms with Gasteiger partial charge in [-0.25, -0.2) is 24.9 Å². The molecule has 3 N–H and O–H groups in total. The van der Waals surface area contributed by atoms with Crippen LogP contribution in [0.15, 0.2) is 43.1 Å². The van der Waals surface area contributed by atoms with Crippen molar-refractivity contribution < 1.29 is 27.2 Å². The third-order valence-electron chi connectivity index (χ3n) is 4.86. The number of nitrogens with one attached hydrogen (secondary N) is 3. The highest BCUT2D eigenvalue weighted by atomic mass is 35.5. The number of nitrogens with zero attached hydrogens (tertiary/aromatic N) is 5. The largest absolute Gasteiger partial charge is 0.418 e. The van der Waals surface area contributed by atoms with Gasteiger partial charge < -0.3 is 16.0 Å². The summed E-state index contributed by atoms with van der Waals surface area (Å²) in [6.07, 6.45) is -0.428. The van der Waals surface area contributed by atoms with E-state index in [-0.39, 0.29) is 27.2 Å². The number of amides is 2. The molecule has 4 aromatic heterocycles. The van der Waals surface area contributed by atoms with Crippen molar-refractivity contribution in [3.8, 4) is 0 Å². The Balaban J connectivity index is 1.43. The Labute approximate surface area is 230 Å². The first-order valence-electron chi connectivity index (χ1n) is 10.6. The summed E-state index contributed by atoms with van der Waals surface area (Å²) in [5, 5.41) is 7.31. The van der Waals surface area contributed by atoms with Gasteiger partial charge in [0.2, 0.25) is 5.95 Å². The van der Waals surface area contributed by atoms with E-state index in [1.54, 1.807) is 6.92 Å². The zero-order valence-electron chi connectivity index (χ0n) is 19.3. The third kappa shape index (κ3) is 6.74. The Morgan fingerprint density at radius 2 is 1.77 bits per heavy atom.